The number of carbonyl (C=O) groups excluding carboxylic acids is 1. The van der Waals surface area contributed by atoms with Gasteiger partial charge < -0.3 is 15.7 Å². The zero-order chi connectivity index (χ0) is 13.4. The summed E-state index contributed by atoms with van der Waals surface area (Å²) in [6.07, 6.45) is 2.08. The summed E-state index contributed by atoms with van der Waals surface area (Å²) in [7, 11) is 0. The third-order valence-electron chi connectivity index (χ3n) is 2.18. The fourth-order valence-electron chi connectivity index (χ4n) is 1.23. The lowest BCUT2D eigenvalue weighted by Crippen LogP contribution is -2.25. The molecule has 0 fully saturated rings. The first-order chi connectivity index (χ1) is 8.69. The van der Waals surface area contributed by atoms with Gasteiger partial charge in [0.25, 0.3) is 5.91 Å². The van der Waals surface area contributed by atoms with Gasteiger partial charge in [-0.1, -0.05) is 19.1 Å². The molecule has 0 atom stereocenters. The van der Waals surface area contributed by atoms with E-state index in [1.165, 1.54) is 12.3 Å². The second kappa shape index (κ2) is 6.97. The SMILES string of the molecule is CCCNC(=O)/C(C#N)=C\Nc1ccccc1O. The van der Waals surface area contributed by atoms with E-state index in [-0.39, 0.29) is 11.3 Å². The minimum Gasteiger partial charge on any atom is -0.506 e. The van der Waals surface area contributed by atoms with E-state index in [1.54, 1.807) is 24.3 Å². The molecule has 0 aliphatic rings. The van der Waals surface area contributed by atoms with Crippen LogP contribution in [-0.2, 0) is 4.79 Å². The van der Waals surface area contributed by atoms with E-state index in [2.05, 4.69) is 10.6 Å². The molecule has 0 aromatic heterocycles. The third-order valence-corrected chi connectivity index (χ3v) is 2.18. The lowest BCUT2D eigenvalue weighted by atomic mass is 10.2. The highest BCUT2D eigenvalue weighted by Crippen LogP contribution is 2.21. The van der Waals surface area contributed by atoms with Gasteiger partial charge in [0.15, 0.2) is 0 Å². The van der Waals surface area contributed by atoms with Gasteiger partial charge in [-0.15, -0.1) is 0 Å². The van der Waals surface area contributed by atoms with E-state index in [9.17, 15) is 9.90 Å². The largest absolute Gasteiger partial charge is 0.506 e. The summed E-state index contributed by atoms with van der Waals surface area (Å²) >= 11 is 0. The molecule has 0 spiro atoms. The van der Waals surface area contributed by atoms with E-state index in [0.29, 0.717) is 12.2 Å². The van der Waals surface area contributed by atoms with Crippen LogP contribution in [0.4, 0.5) is 5.69 Å². The van der Waals surface area contributed by atoms with Crippen LogP contribution in [0.15, 0.2) is 36.0 Å². The van der Waals surface area contributed by atoms with Crippen LogP contribution in [0.1, 0.15) is 13.3 Å². The highest BCUT2D eigenvalue weighted by Gasteiger charge is 2.07. The number of nitriles is 1. The van der Waals surface area contributed by atoms with Gasteiger partial charge in [-0.2, -0.15) is 5.26 Å². The minimum absolute atomic E-state index is 0.0355. The fraction of sp³-hybridized carbons (Fsp3) is 0.231. The number of para-hydroxylation sites is 2. The number of aromatic hydroxyl groups is 1. The van der Waals surface area contributed by atoms with Crippen LogP contribution in [0.25, 0.3) is 0 Å². The molecule has 0 aliphatic heterocycles. The summed E-state index contributed by atoms with van der Waals surface area (Å²) in [6, 6.07) is 8.38. The number of hydrogen-bond acceptors (Lipinski definition) is 4. The molecule has 1 aromatic carbocycles. The standard InChI is InChI=1S/C13H15N3O2/c1-2-7-15-13(18)10(8-14)9-16-11-5-3-4-6-12(11)17/h3-6,9,16-17H,2,7H2,1H3,(H,15,18)/b10-9-. The lowest BCUT2D eigenvalue weighted by molar-refractivity contribution is -0.117. The van der Waals surface area contributed by atoms with Crippen molar-refractivity contribution < 1.29 is 9.90 Å². The Bertz CT molecular complexity index is 489. The maximum atomic E-state index is 11.5. The van der Waals surface area contributed by atoms with Crippen LogP contribution in [-0.4, -0.2) is 17.6 Å². The summed E-state index contributed by atoms with van der Waals surface area (Å²) < 4.78 is 0. The third kappa shape index (κ3) is 3.83. The van der Waals surface area contributed by atoms with Crippen molar-refractivity contribution in [2.24, 2.45) is 0 Å². The van der Waals surface area contributed by atoms with Gasteiger partial charge in [-0.25, -0.2) is 0 Å². The first-order valence-corrected chi connectivity index (χ1v) is 5.62. The Morgan fingerprint density at radius 3 is 2.83 bits per heavy atom. The van der Waals surface area contributed by atoms with Crippen LogP contribution in [0.3, 0.4) is 0 Å². The van der Waals surface area contributed by atoms with E-state index in [4.69, 9.17) is 5.26 Å². The summed E-state index contributed by atoms with van der Waals surface area (Å²) in [4.78, 5) is 11.5. The van der Waals surface area contributed by atoms with Crippen molar-refractivity contribution in [3.05, 3.63) is 36.0 Å². The van der Waals surface area contributed by atoms with E-state index in [0.717, 1.165) is 6.42 Å². The van der Waals surface area contributed by atoms with Gasteiger partial charge in [0, 0.05) is 12.7 Å². The summed E-state index contributed by atoms with van der Waals surface area (Å²) in [5, 5.41) is 23.7. The number of carbonyl (C=O) groups is 1. The van der Waals surface area contributed by atoms with Gasteiger partial charge in [-0.05, 0) is 18.6 Å². The molecule has 1 aromatic rings. The van der Waals surface area contributed by atoms with E-state index < -0.39 is 5.91 Å². The Labute approximate surface area is 106 Å². The molecule has 94 valence electrons. The van der Waals surface area contributed by atoms with E-state index >= 15 is 0 Å². The molecule has 3 N–H and O–H groups in total. The number of amides is 1. The smallest absolute Gasteiger partial charge is 0.263 e. The monoisotopic (exact) mass is 245 g/mol. The molecule has 0 radical (unpaired) electrons. The maximum absolute atomic E-state index is 11.5. The highest BCUT2D eigenvalue weighted by atomic mass is 16.3. The Morgan fingerprint density at radius 1 is 1.50 bits per heavy atom. The molecule has 0 aliphatic carbocycles. The molecule has 5 nitrogen and oxygen atoms in total. The number of phenols is 1. The van der Waals surface area contributed by atoms with Crippen molar-refractivity contribution in [1.29, 1.82) is 5.26 Å². The molecule has 0 unspecified atom stereocenters. The van der Waals surface area contributed by atoms with Crippen LogP contribution in [0, 0.1) is 11.3 Å². The average Bonchev–Trinajstić information content (AvgIpc) is 2.39. The topological polar surface area (TPSA) is 85.2 Å². The zero-order valence-electron chi connectivity index (χ0n) is 10.1. The second-order valence-corrected chi connectivity index (χ2v) is 3.59. The van der Waals surface area contributed by atoms with Crippen molar-refractivity contribution in [3.8, 4) is 11.8 Å². The van der Waals surface area contributed by atoms with Crippen molar-refractivity contribution in [3.63, 3.8) is 0 Å². The number of hydrogen-bond donors (Lipinski definition) is 3. The summed E-state index contributed by atoms with van der Waals surface area (Å²) in [5.41, 5.74) is 0.403. The van der Waals surface area contributed by atoms with Crippen molar-refractivity contribution in [1.82, 2.24) is 5.32 Å². The first-order valence-electron chi connectivity index (χ1n) is 5.62. The average molecular weight is 245 g/mol. The van der Waals surface area contributed by atoms with Gasteiger partial charge >= 0.3 is 0 Å². The van der Waals surface area contributed by atoms with E-state index in [1.807, 2.05) is 6.92 Å². The number of nitrogens with zero attached hydrogens (tertiary/aromatic N) is 1. The van der Waals surface area contributed by atoms with Crippen LogP contribution in [0.2, 0.25) is 0 Å². The fourth-order valence-corrected chi connectivity index (χ4v) is 1.23. The predicted molar refractivity (Wildman–Crippen MR) is 68.7 cm³/mol. The molecule has 0 saturated heterocycles. The molecule has 0 bridgehead atoms. The number of anilines is 1. The molecule has 5 heteroatoms. The molecule has 1 rings (SSSR count). The predicted octanol–water partition coefficient (Wildman–Crippen LogP) is 1.74. The molecular formula is C13H15N3O2. The molecule has 0 saturated carbocycles. The van der Waals surface area contributed by atoms with Crippen LogP contribution < -0.4 is 10.6 Å². The molecule has 18 heavy (non-hydrogen) atoms. The molecular weight excluding hydrogens is 230 g/mol. The number of benzene rings is 1. The maximum Gasteiger partial charge on any atom is 0.263 e. The van der Waals surface area contributed by atoms with Crippen molar-refractivity contribution in [2.75, 3.05) is 11.9 Å². The van der Waals surface area contributed by atoms with Gasteiger partial charge in [-0.3, -0.25) is 4.79 Å². The van der Waals surface area contributed by atoms with Crippen molar-refractivity contribution >= 4 is 11.6 Å². The zero-order valence-corrected chi connectivity index (χ0v) is 10.1. The van der Waals surface area contributed by atoms with Gasteiger partial charge in [0.2, 0.25) is 0 Å². The summed E-state index contributed by atoms with van der Waals surface area (Å²) in [6.45, 7) is 2.45. The van der Waals surface area contributed by atoms with Crippen LogP contribution >= 0.6 is 0 Å². The number of rotatable bonds is 5. The molecule has 0 heterocycles. The highest BCUT2D eigenvalue weighted by molar-refractivity contribution is 5.97. The number of nitrogens with one attached hydrogen (secondary N) is 2. The summed E-state index contributed by atoms with van der Waals surface area (Å²) in [5.74, 6) is -0.373. The minimum atomic E-state index is -0.428. The van der Waals surface area contributed by atoms with Gasteiger partial charge in [0.05, 0.1) is 5.69 Å². The number of phenolic OH excluding ortho intramolecular Hbond substituents is 1. The normalized spacial score (nSPS) is 10.6. The Kier molecular flexibility index (Phi) is 5.26. The Balaban J connectivity index is 2.72. The first kappa shape index (κ1) is 13.6. The second-order valence-electron chi connectivity index (χ2n) is 3.59. The quantitative estimate of drug-likeness (QED) is 0.419. The van der Waals surface area contributed by atoms with Crippen molar-refractivity contribution in [2.45, 2.75) is 13.3 Å². The Morgan fingerprint density at radius 2 is 2.22 bits per heavy atom. The van der Waals surface area contributed by atoms with Crippen LogP contribution in [0.5, 0.6) is 5.75 Å². The lowest BCUT2D eigenvalue weighted by Gasteiger charge is -2.05. The van der Waals surface area contributed by atoms with Gasteiger partial charge in [0.1, 0.15) is 17.4 Å². The molecule has 1 amide bonds. The Hall–Kier alpha value is -2.48.